The topological polar surface area (TPSA) is 55.8 Å². The second-order valence-electron chi connectivity index (χ2n) is 4.33. The monoisotopic (exact) mass is 282 g/mol. The lowest BCUT2D eigenvalue weighted by Gasteiger charge is -2.07. The molecule has 1 heterocycles. The fraction of sp³-hybridized carbons (Fsp3) is 0.500. The van der Waals surface area contributed by atoms with Crippen LogP contribution in [0.5, 0.6) is 11.5 Å². The molecule has 0 saturated carbocycles. The first-order valence-corrected chi connectivity index (χ1v) is 7.60. The molecule has 0 amide bonds. The molecule has 1 aromatic rings. The van der Waals surface area contributed by atoms with Crippen molar-refractivity contribution in [2.24, 2.45) is 0 Å². The van der Waals surface area contributed by atoms with Crippen LogP contribution < -0.4 is 9.47 Å². The third kappa shape index (κ3) is 4.06. The lowest BCUT2D eigenvalue weighted by Crippen LogP contribution is -2.19. The molecule has 1 aliphatic heterocycles. The van der Waals surface area contributed by atoms with E-state index in [4.69, 9.17) is 14.6 Å². The fourth-order valence-electron chi connectivity index (χ4n) is 1.90. The molecule has 0 saturated heterocycles. The first-order chi connectivity index (χ1) is 9.19. The number of thioether (sulfide) groups is 1. The number of aryl methyl sites for hydroxylation is 1. The van der Waals surface area contributed by atoms with E-state index in [0.717, 1.165) is 23.7 Å². The summed E-state index contributed by atoms with van der Waals surface area (Å²) in [5.41, 5.74) is 1.22. The maximum Gasteiger partial charge on any atom is 0.303 e. The van der Waals surface area contributed by atoms with Crippen LogP contribution in [-0.2, 0) is 11.2 Å². The molecule has 0 spiro atoms. The molecule has 0 fully saturated rings. The Labute approximate surface area is 117 Å². The van der Waals surface area contributed by atoms with Crippen molar-refractivity contribution in [2.45, 2.75) is 32.5 Å². The fourth-order valence-corrected chi connectivity index (χ4v) is 2.57. The molecule has 104 valence electrons. The maximum absolute atomic E-state index is 10.5. The predicted octanol–water partition coefficient (Wildman–Crippen LogP) is 2.94. The highest BCUT2D eigenvalue weighted by Crippen LogP contribution is 2.36. The number of carboxylic acid groups (broad SMARTS) is 1. The van der Waals surface area contributed by atoms with Crippen LogP contribution in [0.4, 0.5) is 0 Å². The summed E-state index contributed by atoms with van der Waals surface area (Å²) in [6.45, 7) is 2.15. The minimum absolute atomic E-state index is 0.0542. The van der Waals surface area contributed by atoms with Crippen LogP contribution in [0.25, 0.3) is 0 Å². The quantitative estimate of drug-likeness (QED) is 0.779. The molecule has 2 rings (SSSR count). The average Bonchev–Trinajstić information content (AvgIpc) is 2.79. The average molecular weight is 282 g/mol. The number of benzene rings is 1. The zero-order valence-electron chi connectivity index (χ0n) is 10.9. The molecule has 0 aromatic heterocycles. The van der Waals surface area contributed by atoms with Crippen molar-refractivity contribution in [2.75, 3.05) is 11.5 Å². The summed E-state index contributed by atoms with van der Waals surface area (Å²) in [5, 5.41) is 8.64. The molecule has 5 heteroatoms. The standard InChI is InChI=1S/C14H18O4S/c1-2-19-8-7-10-3-4-11-12(9-10)18-14(17-11)6-5-13(15)16/h3-4,9,14H,2,5-8H2,1H3,(H,15,16). The molecular formula is C14H18O4S. The van der Waals surface area contributed by atoms with E-state index < -0.39 is 12.3 Å². The molecule has 1 N–H and O–H groups in total. The van der Waals surface area contributed by atoms with E-state index in [2.05, 4.69) is 6.92 Å². The van der Waals surface area contributed by atoms with Gasteiger partial charge >= 0.3 is 5.97 Å². The largest absolute Gasteiger partial charge is 0.481 e. The van der Waals surface area contributed by atoms with Gasteiger partial charge in [0.15, 0.2) is 11.5 Å². The van der Waals surface area contributed by atoms with E-state index >= 15 is 0 Å². The van der Waals surface area contributed by atoms with E-state index in [1.54, 1.807) is 0 Å². The Kier molecular flexibility index (Phi) is 4.96. The van der Waals surface area contributed by atoms with Gasteiger partial charge in [-0.05, 0) is 35.6 Å². The maximum atomic E-state index is 10.5. The van der Waals surface area contributed by atoms with Crippen LogP contribution in [-0.4, -0.2) is 28.9 Å². The van der Waals surface area contributed by atoms with Crippen molar-refractivity contribution in [1.29, 1.82) is 0 Å². The number of carboxylic acids is 1. The van der Waals surface area contributed by atoms with Gasteiger partial charge in [-0.15, -0.1) is 0 Å². The molecule has 1 aromatic carbocycles. The van der Waals surface area contributed by atoms with E-state index in [1.807, 2.05) is 30.0 Å². The smallest absolute Gasteiger partial charge is 0.303 e. The van der Waals surface area contributed by atoms with Gasteiger partial charge < -0.3 is 14.6 Å². The second kappa shape index (κ2) is 6.70. The van der Waals surface area contributed by atoms with Gasteiger partial charge in [0.2, 0.25) is 6.29 Å². The minimum Gasteiger partial charge on any atom is -0.481 e. The Bertz CT molecular complexity index is 447. The molecule has 0 bridgehead atoms. The summed E-state index contributed by atoms with van der Waals surface area (Å²) < 4.78 is 11.2. The van der Waals surface area contributed by atoms with Crippen molar-refractivity contribution < 1.29 is 19.4 Å². The van der Waals surface area contributed by atoms with Crippen LogP contribution in [0.1, 0.15) is 25.3 Å². The van der Waals surface area contributed by atoms with Gasteiger partial charge in [-0.1, -0.05) is 13.0 Å². The lowest BCUT2D eigenvalue weighted by molar-refractivity contribution is -0.138. The van der Waals surface area contributed by atoms with Crippen LogP contribution >= 0.6 is 11.8 Å². The van der Waals surface area contributed by atoms with E-state index in [-0.39, 0.29) is 6.42 Å². The molecule has 1 aliphatic rings. The SMILES string of the molecule is CCSCCc1ccc2c(c1)OC(CCC(=O)O)O2. The number of fused-ring (bicyclic) bond motifs is 1. The summed E-state index contributed by atoms with van der Waals surface area (Å²) in [7, 11) is 0. The summed E-state index contributed by atoms with van der Waals surface area (Å²) in [6, 6.07) is 5.94. The van der Waals surface area contributed by atoms with Crippen molar-refractivity contribution in [3.05, 3.63) is 23.8 Å². The number of ether oxygens (including phenoxy) is 2. The third-order valence-electron chi connectivity index (χ3n) is 2.86. The Morgan fingerprint density at radius 2 is 2.16 bits per heavy atom. The van der Waals surface area contributed by atoms with Crippen LogP contribution in [0, 0.1) is 0 Å². The number of hydrogen-bond donors (Lipinski definition) is 1. The van der Waals surface area contributed by atoms with Crippen LogP contribution in [0.3, 0.4) is 0 Å². The van der Waals surface area contributed by atoms with Gasteiger partial charge in [-0.2, -0.15) is 11.8 Å². The third-order valence-corrected chi connectivity index (χ3v) is 3.76. The molecule has 4 nitrogen and oxygen atoms in total. The molecular weight excluding hydrogens is 264 g/mol. The Hall–Kier alpha value is -1.36. The summed E-state index contributed by atoms with van der Waals surface area (Å²) in [4.78, 5) is 10.5. The predicted molar refractivity (Wildman–Crippen MR) is 75.1 cm³/mol. The zero-order chi connectivity index (χ0) is 13.7. The first kappa shape index (κ1) is 14.1. The molecule has 1 unspecified atom stereocenters. The van der Waals surface area contributed by atoms with Crippen LogP contribution in [0.2, 0.25) is 0 Å². The Morgan fingerprint density at radius 1 is 1.37 bits per heavy atom. The van der Waals surface area contributed by atoms with Crippen molar-refractivity contribution in [1.82, 2.24) is 0 Å². The van der Waals surface area contributed by atoms with E-state index in [0.29, 0.717) is 12.2 Å². The lowest BCUT2D eigenvalue weighted by atomic mass is 10.1. The number of carbonyl (C=O) groups is 1. The normalized spacial score (nSPS) is 16.6. The molecule has 19 heavy (non-hydrogen) atoms. The highest BCUT2D eigenvalue weighted by atomic mass is 32.2. The van der Waals surface area contributed by atoms with Gasteiger partial charge in [0.25, 0.3) is 0 Å². The van der Waals surface area contributed by atoms with Gasteiger partial charge in [-0.25, -0.2) is 0 Å². The van der Waals surface area contributed by atoms with Gasteiger partial charge in [-0.3, -0.25) is 4.79 Å². The Balaban J connectivity index is 1.90. The molecule has 0 aliphatic carbocycles. The summed E-state index contributed by atoms with van der Waals surface area (Å²) >= 11 is 1.91. The number of hydrogen-bond acceptors (Lipinski definition) is 4. The zero-order valence-corrected chi connectivity index (χ0v) is 11.7. The molecule has 1 atom stereocenters. The number of rotatable bonds is 7. The second-order valence-corrected chi connectivity index (χ2v) is 5.72. The van der Waals surface area contributed by atoms with Gasteiger partial charge in [0, 0.05) is 6.42 Å². The van der Waals surface area contributed by atoms with E-state index in [9.17, 15) is 4.79 Å². The van der Waals surface area contributed by atoms with Crippen molar-refractivity contribution in [3.8, 4) is 11.5 Å². The number of aliphatic carboxylic acids is 1. The van der Waals surface area contributed by atoms with Gasteiger partial charge in [0.05, 0.1) is 6.42 Å². The van der Waals surface area contributed by atoms with Crippen LogP contribution in [0.15, 0.2) is 18.2 Å². The molecule has 0 radical (unpaired) electrons. The van der Waals surface area contributed by atoms with E-state index in [1.165, 1.54) is 5.56 Å². The van der Waals surface area contributed by atoms with Crippen molar-refractivity contribution >= 4 is 17.7 Å². The summed E-state index contributed by atoms with van der Waals surface area (Å²) in [5.74, 6) is 2.83. The summed E-state index contributed by atoms with van der Waals surface area (Å²) in [6.07, 6.45) is 0.963. The van der Waals surface area contributed by atoms with Gasteiger partial charge in [0.1, 0.15) is 0 Å². The minimum atomic E-state index is -0.833. The van der Waals surface area contributed by atoms with Crippen molar-refractivity contribution in [3.63, 3.8) is 0 Å². The highest BCUT2D eigenvalue weighted by Gasteiger charge is 2.24. The first-order valence-electron chi connectivity index (χ1n) is 6.45. The highest BCUT2D eigenvalue weighted by molar-refractivity contribution is 7.99. The Morgan fingerprint density at radius 3 is 2.89 bits per heavy atom.